The molecule has 0 heterocycles. The van der Waals surface area contributed by atoms with Gasteiger partial charge in [-0.25, -0.2) is 4.79 Å². The molecule has 2 unspecified atom stereocenters. The third kappa shape index (κ3) is 8.42. The maximum absolute atomic E-state index is 14.2. The lowest BCUT2D eigenvalue weighted by molar-refractivity contribution is -0.141. The number of thioether (sulfide) groups is 1. The summed E-state index contributed by atoms with van der Waals surface area (Å²) in [5, 5.41) is 5.70. The first kappa shape index (κ1) is 29.9. The van der Waals surface area contributed by atoms with Crippen LogP contribution in [0.25, 0.3) is 0 Å². The average Bonchev–Trinajstić information content (AvgIpc) is 3.73. The summed E-state index contributed by atoms with van der Waals surface area (Å²) in [6, 6.07) is 12.0. The van der Waals surface area contributed by atoms with Crippen LogP contribution in [0, 0.1) is 12.3 Å². The minimum Gasteiger partial charge on any atom is -0.497 e. The molecule has 9 heteroatoms. The van der Waals surface area contributed by atoms with Crippen molar-refractivity contribution in [2.45, 2.75) is 63.8 Å². The molecular formula is C30H37N3O5S. The van der Waals surface area contributed by atoms with Crippen LogP contribution in [-0.2, 0) is 14.3 Å². The molecular weight excluding hydrogens is 514 g/mol. The Hall–Kier alpha value is -3.64. The van der Waals surface area contributed by atoms with Gasteiger partial charge in [0.1, 0.15) is 23.4 Å². The van der Waals surface area contributed by atoms with E-state index in [-0.39, 0.29) is 11.9 Å². The summed E-state index contributed by atoms with van der Waals surface area (Å²) in [4.78, 5) is 42.4. The van der Waals surface area contributed by atoms with Gasteiger partial charge in [-0.15, -0.1) is 6.42 Å². The molecule has 1 fully saturated rings. The number of carbonyl (C=O) groups is 3. The van der Waals surface area contributed by atoms with E-state index in [1.54, 1.807) is 93.1 Å². The highest BCUT2D eigenvalue weighted by Crippen LogP contribution is 2.37. The zero-order chi connectivity index (χ0) is 28.6. The van der Waals surface area contributed by atoms with E-state index in [2.05, 4.69) is 16.6 Å². The number of benzene rings is 2. The lowest BCUT2D eigenvalue weighted by Crippen LogP contribution is -2.53. The molecule has 2 N–H and O–H groups in total. The third-order valence-corrected chi connectivity index (χ3v) is 6.73. The maximum atomic E-state index is 14.2. The Morgan fingerprint density at radius 2 is 1.79 bits per heavy atom. The molecule has 0 aromatic heterocycles. The van der Waals surface area contributed by atoms with Gasteiger partial charge in [-0.1, -0.05) is 24.1 Å². The van der Waals surface area contributed by atoms with Gasteiger partial charge in [0.05, 0.1) is 7.11 Å². The van der Waals surface area contributed by atoms with Crippen molar-refractivity contribution in [3.63, 3.8) is 0 Å². The molecule has 8 nitrogen and oxygen atoms in total. The van der Waals surface area contributed by atoms with Crippen LogP contribution in [0.3, 0.4) is 0 Å². The standard InChI is InChI=1S/C30H37N3O5S/c1-7-20-10-8-9-11-24(20)26(27(34)31-21-12-16-23(37-5)17-13-21)33(22-14-15-22)28(35)25(18-19-39-6)32-29(36)38-30(2,3)4/h1,8-13,16-17,22,25-26H,14-15,18-19H2,2-6H3,(H,31,34)(H,32,36). The molecule has 2 aromatic carbocycles. The average molecular weight is 552 g/mol. The lowest BCUT2D eigenvalue weighted by Gasteiger charge is -2.35. The Morgan fingerprint density at radius 3 is 2.36 bits per heavy atom. The van der Waals surface area contributed by atoms with Crippen LogP contribution in [-0.4, -0.2) is 59.6 Å². The monoisotopic (exact) mass is 551 g/mol. The highest BCUT2D eigenvalue weighted by atomic mass is 32.2. The molecule has 1 aliphatic carbocycles. The van der Waals surface area contributed by atoms with Crippen molar-refractivity contribution in [2.75, 3.05) is 24.4 Å². The third-order valence-electron chi connectivity index (χ3n) is 6.09. The fourth-order valence-corrected chi connectivity index (χ4v) is 4.63. The van der Waals surface area contributed by atoms with E-state index in [9.17, 15) is 14.4 Å². The number of alkyl carbamates (subject to hydrolysis) is 1. The summed E-state index contributed by atoms with van der Waals surface area (Å²) in [5.41, 5.74) is 0.900. The number of nitrogens with zero attached hydrogens (tertiary/aromatic N) is 1. The largest absolute Gasteiger partial charge is 0.497 e. The van der Waals surface area contributed by atoms with Crippen LogP contribution in [0.1, 0.15) is 57.2 Å². The highest BCUT2D eigenvalue weighted by Gasteiger charge is 2.44. The van der Waals surface area contributed by atoms with Gasteiger partial charge >= 0.3 is 6.09 Å². The summed E-state index contributed by atoms with van der Waals surface area (Å²) in [7, 11) is 1.57. The molecule has 3 rings (SSSR count). The molecule has 1 aliphatic rings. The topological polar surface area (TPSA) is 97.0 Å². The molecule has 1 saturated carbocycles. The van der Waals surface area contributed by atoms with Gasteiger partial charge < -0.3 is 25.0 Å². The van der Waals surface area contributed by atoms with Crippen molar-refractivity contribution in [1.29, 1.82) is 0 Å². The molecule has 0 spiro atoms. The van der Waals surface area contributed by atoms with Gasteiger partial charge in [-0.3, -0.25) is 9.59 Å². The number of nitrogens with one attached hydrogen (secondary N) is 2. The van der Waals surface area contributed by atoms with Gasteiger partial charge in [-0.2, -0.15) is 11.8 Å². The molecule has 2 atom stereocenters. The van der Waals surface area contributed by atoms with Crippen LogP contribution < -0.4 is 15.4 Å². The first-order valence-electron chi connectivity index (χ1n) is 12.9. The number of terminal acetylenes is 1. The fourth-order valence-electron chi connectivity index (χ4n) is 4.16. The Morgan fingerprint density at radius 1 is 1.13 bits per heavy atom. The van der Waals surface area contributed by atoms with E-state index in [1.807, 2.05) is 6.26 Å². The van der Waals surface area contributed by atoms with Gasteiger partial charge in [0.25, 0.3) is 5.91 Å². The van der Waals surface area contributed by atoms with E-state index in [0.717, 1.165) is 12.8 Å². The van der Waals surface area contributed by atoms with Crippen molar-refractivity contribution in [3.05, 3.63) is 59.7 Å². The summed E-state index contributed by atoms with van der Waals surface area (Å²) in [6.07, 6.45) is 8.95. The van der Waals surface area contributed by atoms with Crippen molar-refractivity contribution in [3.8, 4) is 18.1 Å². The molecule has 0 radical (unpaired) electrons. The number of carbonyl (C=O) groups excluding carboxylic acids is 3. The van der Waals surface area contributed by atoms with Crippen molar-refractivity contribution in [1.82, 2.24) is 10.2 Å². The molecule has 3 amide bonds. The Balaban J connectivity index is 2.00. The number of ether oxygens (including phenoxy) is 2. The van der Waals surface area contributed by atoms with Gasteiger partial charge in [0, 0.05) is 17.3 Å². The number of rotatable bonds is 11. The smallest absolute Gasteiger partial charge is 0.408 e. The van der Waals surface area contributed by atoms with Crippen LogP contribution in [0.2, 0.25) is 0 Å². The van der Waals surface area contributed by atoms with Crippen LogP contribution >= 0.6 is 11.8 Å². The fraction of sp³-hybridized carbons (Fsp3) is 0.433. The second kappa shape index (κ2) is 13.4. The molecule has 0 aliphatic heterocycles. The van der Waals surface area contributed by atoms with Crippen LogP contribution in [0.4, 0.5) is 10.5 Å². The van der Waals surface area contributed by atoms with Crippen LogP contribution in [0.15, 0.2) is 48.5 Å². The number of amides is 3. The Labute approximate surface area is 235 Å². The summed E-state index contributed by atoms with van der Waals surface area (Å²) < 4.78 is 10.7. The molecule has 208 valence electrons. The van der Waals surface area contributed by atoms with Crippen molar-refractivity contribution < 1.29 is 23.9 Å². The summed E-state index contributed by atoms with van der Waals surface area (Å²) in [6.45, 7) is 5.29. The quantitative estimate of drug-likeness (QED) is 0.382. The lowest BCUT2D eigenvalue weighted by atomic mass is 9.97. The highest BCUT2D eigenvalue weighted by molar-refractivity contribution is 7.98. The Bertz CT molecular complexity index is 1200. The molecule has 0 saturated heterocycles. The van der Waals surface area contributed by atoms with Crippen molar-refractivity contribution >= 4 is 35.4 Å². The SMILES string of the molecule is C#Cc1ccccc1C(C(=O)Nc1ccc(OC)cc1)N(C(=O)C(CCSC)NC(=O)OC(C)(C)C)C1CC1. The molecule has 2 aromatic rings. The number of hydrogen-bond acceptors (Lipinski definition) is 6. The summed E-state index contributed by atoms with van der Waals surface area (Å²) >= 11 is 1.57. The zero-order valence-corrected chi connectivity index (χ0v) is 24.0. The maximum Gasteiger partial charge on any atom is 0.408 e. The summed E-state index contributed by atoms with van der Waals surface area (Å²) in [5.74, 6) is 3.20. The van der Waals surface area contributed by atoms with Crippen LogP contribution in [0.5, 0.6) is 5.75 Å². The molecule has 39 heavy (non-hydrogen) atoms. The second-order valence-corrected chi connectivity index (χ2v) is 11.3. The van der Waals surface area contributed by atoms with Gasteiger partial charge in [0.2, 0.25) is 5.91 Å². The zero-order valence-electron chi connectivity index (χ0n) is 23.2. The number of anilines is 1. The minimum atomic E-state index is -1.00. The van der Waals surface area contributed by atoms with Crippen molar-refractivity contribution in [2.24, 2.45) is 0 Å². The number of methoxy groups -OCH3 is 1. The molecule has 0 bridgehead atoms. The first-order chi connectivity index (χ1) is 18.6. The Kier molecular flexibility index (Phi) is 10.3. The normalized spacial score (nSPS) is 14.4. The van der Waals surface area contributed by atoms with E-state index in [4.69, 9.17) is 15.9 Å². The van der Waals surface area contributed by atoms with E-state index < -0.39 is 29.7 Å². The number of hydrogen-bond donors (Lipinski definition) is 2. The van der Waals surface area contributed by atoms with E-state index in [1.165, 1.54) is 0 Å². The van der Waals surface area contributed by atoms with Gasteiger partial charge in [-0.05, 0) is 87.9 Å². The van der Waals surface area contributed by atoms with E-state index in [0.29, 0.717) is 34.7 Å². The predicted molar refractivity (Wildman–Crippen MR) is 155 cm³/mol. The first-order valence-corrected chi connectivity index (χ1v) is 14.3. The predicted octanol–water partition coefficient (Wildman–Crippen LogP) is 4.99. The van der Waals surface area contributed by atoms with E-state index >= 15 is 0 Å². The minimum absolute atomic E-state index is 0.160. The second-order valence-electron chi connectivity index (χ2n) is 10.3. The van der Waals surface area contributed by atoms with Gasteiger partial charge in [0.15, 0.2) is 0 Å².